The average Bonchev–Trinajstić information content (AvgIpc) is 3.04. The lowest BCUT2D eigenvalue weighted by atomic mass is 9.86. The fraction of sp³-hybridized carbons (Fsp3) is 0.600. The number of nitrogens with two attached hydrogens (primary N) is 1. The van der Waals surface area contributed by atoms with Crippen LogP contribution in [0.25, 0.3) is 0 Å². The number of rotatable bonds is 3. The van der Waals surface area contributed by atoms with E-state index in [4.69, 9.17) is 5.73 Å². The van der Waals surface area contributed by atoms with Gasteiger partial charge in [-0.3, -0.25) is 14.5 Å². The number of anilines is 1. The SMILES string of the molecule is CC(C)(C)[C@H](N)C(=O)N1CCN(CC(=O)N2CCc3ccccc32)CC1.Cl.Cl. The molecule has 0 aromatic heterocycles. The van der Waals surface area contributed by atoms with Crippen molar-refractivity contribution >= 4 is 42.3 Å². The number of halogens is 2. The van der Waals surface area contributed by atoms with Crippen LogP contribution in [0.15, 0.2) is 24.3 Å². The normalized spacial score (nSPS) is 18.0. The molecule has 2 N–H and O–H groups in total. The lowest BCUT2D eigenvalue weighted by molar-refractivity contribution is -0.136. The van der Waals surface area contributed by atoms with Gasteiger partial charge in [0, 0.05) is 38.4 Å². The first-order valence-electron chi connectivity index (χ1n) is 9.42. The Hall–Kier alpha value is -1.34. The molecule has 1 aromatic rings. The van der Waals surface area contributed by atoms with Crippen LogP contribution in [0.2, 0.25) is 0 Å². The van der Waals surface area contributed by atoms with Crippen molar-refractivity contribution in [1.29, 1.82) is 0 Å². The summed E-state index contributed by atoms with van der Waals surface area (Å²) in [4.78, 5) is 31.1. The monoisotopic (exact) mass is 430 g/mol. The Kier molecular flexibility index (Phi) is 8.75. The van der Waals surface area contributed by atoms with Crippen molar-refractivity contribution in [3.63, 3.8) is 0 Å². The topological polar surface area (TPSA) is 69.9 Å². The molecule has 2 aliphatic rings. The zero-order chi connectivity index (χ0) is 18.9. The smallest absolute Gasteiger partial charge is 0.241 e. The minimum Gasteiger partial charge on any atom is -0.339 e. The van der Waals surface area contributed by atoms with E-state index < -0.39 is 6.04 Å². The Bertz CT molecular complexity index is 685. The molecule has 1 atom stereocenters. The van der Waals surface area contributed by atoms with E-state index in [1.54, 1.807) is 0 Å². The van der Waals surface area contributed by atoms with Crippen molar-refractivity contribution in [1.82, 2.24) is 9.80 Å². The van der Waals surface area contributed by atoms with Crippen LogP contribution in [0.5, 0.6) is 0 Å². The van der Waals surface area contributed by atoms with E-state index in [9.17, 15) is 9.59 Å². The summed E-state index contributed by atoms with van der Waals surface area (Å²) in [5, 5.41) is 0. The van der Waals surface area contributed by atoms with Crippen molar-refractivity contribution in [2.24, 2.45) is 11.1 Å². The van der Waals surface area contributed by atoms with Crippen LogP contribution in [0, 0.1) is 5.41 Å². The highest BCUT2D eigenvalue weighted by Crippen LogP contribution is 2.27. The summed E-state index contributed by atoms with van der Waals surface area (Å²) < 4.78 is 0. The Labute approximate surface area is 180 Å². The van der Waals surface area contributed by atoms with E-state index in [2.05, 4.69) is 11.0 Å². The van der Waals surface area contributed by atoms with Gasteiger partial charge in [0.1, 0.15) is 0 Å². The van der Waals surface area contributed by atoms with Gasteiger partial charge >= 0.3 is 0 Å². The number of piperazine rings is 1. The summed E-state index contributed by atoms with van der Waals surface area (Å²) in [5.74, 6) is 0.151. The van der Waals surface area contributed by atoms with E-state index >= 15 is 0 Å². The third-order valence-corrected chi connectivity index (χ3v) is 5.43. The molecule has 0 bridgehead atoms. The molecule has 2 amide bonds. The zero-order valence-corrected chi connectivity index (χ0v) is 18.5. The second-order valence-corrected chi connectivity index (χ2v) is 8.37. The van der Waals surface area contributed by atoms with Crippen molar-refractivity contribution in [3.05, 3.63) is 29.8 Å². The van der Waals surface area contributed by atoms with Crippen LogP contribution in [0.1, 0.15) is 26.3 Å². The highest BCUT2D eigenvalue weighted by molar-refractivity contribution is 5.96. The molecule has 8 heteroatoms. The molecule has 0 radical (unpaired) electrons. The quantitative estimate of drug-likeness (QED) is 0.794. The Morgan fingerprint density at radius 2 is 1.64 bits per heavy atom. The second kappa shape index (κ2) is 9.92. The van der Waals surface area contributed by atoms with Crippen LogP contribution in [0.4, 0.5) is 5.69 Å². The van der Waals surface area contributed by atoms with E-state index in [-0.39, 0.29) is 42.0 Å². The van der Waals surface area contributed by atoms with Crippen LogP contribution in [0.3, 0.4) is 0 Å². The lowest BCUT2D eigenvalue weighted by Crippen LogP contribution is -2.57. The highest BCUT2D eigenvalue weighted by atomic mass is 35.5. The van der Waals surface area contributed by atoms with Crippen LogP contribution in [-0.2, 0) is 16.0 Å². The summed E-state index contributed by atoms with van der Waals surface area (Å²) in [6.45, 7) is 9.81. The van der Waals surface area contributed by atoms with E-state index in [1.165, 1.54) is 5.56 Å². The number of benzene rings is 1. The fourth-order valence-corrected chi connectivity index (χ4v) is 3.57. The Morgan fingerprint density at radius 1 is 1.04 bits per heavy atom. The summed E-state index contributed by atoms with van der Waals surface area (Å²) in [6, 6.07) is 7.62. The van der Waals surface area contributed by atoms with E-state index in [0.29, 0.717) is 32.7 Å². The van der Waals surface area contributed by atoms with Crippen molar-refractivity contribution < 1.29 is 9.59 Å². The Morgan fingerprint density at radius 3 is 2.25 bits per heavy atom. The molecular formula is C20H32Cl2N4O2. The van der Waals surface area contributed by atoms with Crippen LogP contribution < -0.4 is 10.6 Å². The predicted molar refractivity (Wildman–Crippen MR) is 117 cm³/mol. The van der Waals surface area contributed by atoms with Crippen molar-refractivity contribution in [2.75, 3.05) is 44.2 Å². The van der Waals surface area contributed by atoms with Crippen molar-refractivity contribution in [3.8, 4) is 0 Å². The summed E-state index contributed by atoms with van der Waals surface area (Å²) in [7, 11) is 0. The number of nitrogens with zero attached hydrogens (tertiary/aromatic N) is 3. The fourth-order valence-electron chi connectivity index (χ4n) is 3.57. The van der Waals surface area contributed by atoms with E-state index in [1.807, 2.05) is 48.8 Å². The number of hydrogen-bond donors (Lipinski definition) is 1. The molecule has 0 spiro atoms. The molecule has 0 unspecified atom stereocenters. The van der Waals surface area contributed by atoms with Crippen LogP contribution in [-0.4, -0.2) is 66.9 Å². The maximum atomic E-state index is 12.7. The highest BCUT2D eigenvalue weighted by Gasteiger charge is 2.33. The van der Waals surface area contributed by atoms with Crippen molar-refractivity contribution in [2.45, 2.75) is 33.2 Å². The largest absolute Gasteiger partial charge is 0.339 e. The number of amides is 2. The minimum absolute atomic E-state index is 0. The molecular weight excluding hydrogens is 399 g/mol. The first-order chi connectivity index (χ1) is 12.3. The van der Waals surface area contributed by atoms with Gasteiger partial charge < -0.3 is 15.5 Å². The molecule has 1 fully saturated rings. The van der Waals surface area contributed by atoms with Gasteiger partial charge in [0.2, 0.25) is 11.8 Å². The Balaban J connectivity index is 0.00000196. The summed E-state index contributed by atoms with van der Waals surface area (Å²) >= 11 is 0. The van der Waals surface area contributed by atoms with Crippen LogP contribution >= 0.6 is 24.8 Å². The number of fused-ring (bicyclic) bond motifs is 1. The maximum absolute atomic E-state index is 12.7. The minimum atomic E-state index is -0.489. The van der Waals surface area contributed by atoms with Gasteiger partial charge in [-0.2, -0.15) is 0 Å². The lowest BCUT2D eigenvalue weighted by Gasteiger charge is -2.38. The van der Waals surface area contributed by atoms with Gasteiger partial charge in [0.05, 0.1) is 12.6 Å². The molecule has 6 nitrogen and oxygen atoms in total. The molecule has 0 saturated carbocycles. The number of carbonyl (C=O) groups is 2. The molecule has 28 heavy (non-hydrogen) atoms. The number of carbonyl (C=O) groups excluding carboxylic acids is 2. The second-order valence-electron chi connectivity index (χ2n) is 8.37. The molecule has 158 valence electrons. The molecule has 1 saturated heterocycles. The third-order valence-electron chi connectivity index (χ3n) is 5.43. The number of para-hydroxylation sites is 1. The van der Waals surface area contributed by atoms with Gasteiger partial charge in [-0.1, -0.05) is 39.0 Å². The summed E-state index contributed by atoms with van der Waals surface area (Å²) in [6.07, 6.45) is 0.925. The molecule has 3 rings (SSSR count). The molecule has 0 aliphatic carbocycles. The summed E-state index contributed by atoms with van der Waals surface area (Å²) in [5.41, 5.74) is 8.15. The van der Waals surface area contributed by atoms with Gasteiger partial charge in [-0.25, -0.2) is 0 Å². The van der Waals surface area contributed by atoms with Gasteiger partial charge in [-0.05, 0) is 23.5 Å². The van der Waals surface area contributed by atoms with E-state index in [0.717, 1.165) is 18.7 Å². The first kappa shape index (κ1) is 24.7. The first-order valence-corrected chi connectivity index (χ1v) is 9.42. The molecule has 2 aliphatic heterocycles. The molecule has 2 heterocycles. The van der Waals surface area contributed by atoms with Gasteiger partial charge in [-0.15, -0.1) is 24.8 Å². The predicted octanol–water partition coefficient (Wildman–Crippen LogP) is 1.94. The maximum Gasteiger partial charge on any atom is 0.241 e. The average molecular weight is 431 g/mol. The molecule has 1 aromatic carbocycles. The van der Waals surface area contributed by atoms with Gasteiger partial charge in [0.25, 0.3) is 0 Å². The zero-order valence-electron chi connectivity index (χ0n) is 16.9. The van der Waals surface area contributed by atoms with Gasteiger partial charge in [0.15, 0.2) is 0 Å². The third kappa shape index (κ3) is 5.38. The number of hydrogen-bond acceptors (Lipinski definition) is 4. The standard InChI is InChI=1S/C20H30N4O2.2ClH/c1-20(2,3)18(21)19(26)23-12-10-22(11-13-23)14-17(25)24-9-8-15-6-4-5-7-16(15)24;;/h4-7,18H,8-14,21H2,1-3H3;2*1H/t18-;;/m1../s1.